The molecule has 2 amide bonds. The average Bonchev–Trinajstić information content (AvgIpc) is 2.97. The summed E-state index contributed by atoms with van der Waals surface area (Å²) in [6, 6.07) is 4.58. The van der Waals surface area contributed by atoms with Gasteiger partial charge >= 0.3 is 6.09 Å². The fourth-order valence-electron chi connectivity index (χ4n) is 2.87. The van der Waals surface area contributed by atoms with E-state index >= 15 is 0 Å². The van der Waals surface area contributed by atoms with Gasteiger partial charge in [-0.1, -0.05) is 26.8 Å². The van der Waals surface area contributed by atoms with Gasteiger partial charge in [0, 0.05) is 0 Å². The molecule has 7 heteroatoms. The van der Waals surface area contributed by atoms with Crippen molar-refractivity contribution in [3.8, 4) is 11.5 Å². The summed E-state index contributed by atoms with van der Waals surface area (Å²) in [6.45, 7) is 5.52. The van der Waals surface area contributed by atoms with E-state index in [0.29, 0.717) is 17.1 Å². The third-order valence-corrected chi connectivity index (χ3v) is 4.40. The van der Waals surface area contributed by atoms with Crippen LogP contribution in [0.5, 0.6) is 11.5 Å². The molecule has 2 atom stereocenters. The lowest BCUT2D eigenvalue weighted by atomic mass is 9.85. The topological polar surface area (TPSA) is 85.3 Å². The van der Waals surface area contributed by atoms with Crippen molar-refractivity contribution in [3.63, 3.8) is 0 Å². The van der Waals surface area contributed by atoms with Gasteiger partial charge in [0.25, 0.3) is 0 Å². The number of ether oxygens (including phenoxy) is 3. The highest BCUT2D eigenvalue weighted by atomic mass is 16.6. The van der Waals surface area contributed by atoms with Crippen LogP contribution in [0.1, 0.15) is 32.3 Å². The van der Waals surface area contributed by atoms with E-state index in [1.54, 1.807) is 18.2 Å². The second-order valence-electron chi connectivity index (χ2n) is 7.02. The van der Waals surface area contributed by atoms with E-state index in [4.69, 9.17) is 14.2 Å². The number of aliphatic hydroxyl groups is 1. The van der Waals surface area contributed by atoms with E-state index in [1.165, 1.54) is 14.2 Å². The Balaban J connectivity index is 2.36. The molecule has 0 saturated carbocycles. The van der Waals surface area contributed by atoms with E-state index in [0.717, 1.165) is 4.90 Å². The third-order valence-electron chi connectivity index (χ3n) is 4.40. The average molecular weight is 351 g/mol. The first-order chi connectivity index (χ1) is 11.7. The molecule has 0 spiro atoms. The van der Waals surface area contributed by atoms with Crippen molar-refractivity contribution in [2.45, 2.75) is 32.7 Å². The Morgan fingerprint density at radius 1 is 1.32 bits per heavy atom. The zero-order chi connectivity index (χ0) is 18.8. The molecule has 1 N–H and O–H groups in total. The van der Waals surface area contributed by atoms with Gasteiger partial charge in [0.05, 0.1) is 32.8 Å². The Hall–Kier alpha value is -2.28. The lowest BCUT2D eigenvalue weighted by molar-refractivity contribution is -0.133. The number of aliphatic hydroxyl groups excluding tert-OH is 1. The Labute approximate surface area is 147 Å². The predicted octanol–water partition coefficient (Wildman–Crippen LogP) is 2.17. The molecule has 0 unspecified atom stereocenters. The molecule has 1 heterocycles. The molecule has 2 rings (SSSR count). The molecular formula is C18H25NO6. The number of hydrogen-bond donors (Lipinski definition) is 1. The molecule has 1 aliphatic rings. The van der Waals surface area contributed by atoms with Gasteiger partial charge in [0.2, 0.25) is 5.91 Å². The summed E-state index contributed by atoms with van der Waals surface area (Å²) >= 11 is 0. The van der Waals surface area contributed by atoms with Crippen LogP contribution in [0, 0.1) is 5.41 Å². The number of cyclic esters (lactones) is 1. The molecule has 0 radical (unpaired) electrons. The zero-order valence-electron chi connectivity index (χ0n) is 15.2. The number of carbonyl (C=O) groups is 2. The van der Waals surface area contributed by atoms with Crippen molar-refractivity contribution in [2.24, 2.45) is 5.41 Å². The number of rotatable bonds is 5. The number of hydrogen-bond acceptors (Lipinski definition) is 6. The molecule has 1 aliphatic heterocycles. The smallest absolute Gasteiger partial charge is 0.417 e. The Morgan fingerprint density at radius 2 is 1.96 bits per heavy atom. The first-order valence-corrected chi connectivity index (χ1v) is 8.07. The van der Waals surface area contributed by atoms with Gasteiger partial charge in [-0.05, 0) is 23.1 Å². The van der Waals surface area contributed by atoms with E-state index < -0.39 is 24.5 Å². The van der Waals surface area contributed by atoms with Crippen LogP contribution < -0.4 is 9.47 Å². The first kappa shape index (κ1) is 19.1. The first-order valence-electron chi connectivity index (χ1n) is 8.07. The van der Waals surface area contributed by atoms with Gasteiger partial charge in [-0.2, -0.15) is 0 Å². The van der Waals surface area contributed by atoms with Crippen LogP contribution in [0.25, 0.3) is 0 Å². The molecule has 1 saturated heterocycles. The number of carbonyl (C=O) groups excluding carboxylic acids is 2. The highest BCUT2D eigenvalue weighted by Crippen LogP contribution is 2.35. The van der Waals surface area contributed by atoms with Crippen molar-refractivity contribution in [2.75, 3.05) is 27.4 Å². The minimum Gasteiger partial charge on any atom is -0.493 e. The maximum Gasteiger partial charge on any atom is 0.417 e. The summed E-state index contributed by atoms with van der Waals surface area (Å²) < 4.78 is 15.5. The fourth-order valence-corrected chi connectivity index (χ4v) is 2.87. The summed E-state index contributed by atoms with van der Waals surface area (Å²) in [7, 11) is 3.01. The van der Waals surface area contributed by atoms with E-state index in [2.05, 4.69) is 0 Å². The van der Waals surface area contributed by atoms with E-state index in [1.807, 2.05) is 20.8 Å². The number of benzene rings is 1. The monoisotopic (exact) mass is 351 g/mol. The largest absolute Gasteiger partial charge is 0.493 e. The van der Waals surface area contributed by atoms with E-state index in [-0.39, 0.29) is 18.1 Å². The lowest BCUT2D eigenvalue weighted by Crippen LogP contribution is -2.48. The molecule has 1 aromatic carbocycles. The van der Waals surface area contributed by atoms with Crippen LogP contribution in [-0.2, 0) is 9.53 Å². The van der Waals surface area contributed by atoms with E-state index in [9.17, 15) is 14.7 Å². The SMILES string of the molecule is COc1ccc([C@H](CO)C(=O)N2C(=O)OC[C@@H]2C(C)(C)C)cc1OC. The molecule has 0 bridgehead atoms. The summed E-state index contributed by atoms with van der Waals surface area (Å²) in [4.78, 5) is 26.2. The minimum absolute atomic E-state index is 0.151. The summed E-state index contributed by atoms with van der Waals surface area (Å²) in [5.41, 5.74) is 0.205. The van der Waals surface area contributed by atoms with Crippen molar-refractivity contribution >= 4 is 12.0 Å². The summed E-state index contributed by atoms with van der Waals surface area (Å²) in [6.07, 6.45) is -0.677. The van der Waals surface area contributed by atoms with Crippen LogP contribution in [-0.4, -0.2) is 55.5 Å². The predicted molar refractivity (Wildman–Crippen MR) is 90.8 cm³/mol. The molecule has 0 aliphatic carbocycles. The number of nitrogens with zero attached hydrogens (tertiary/aromatic N) is 1. The fraction of sp³-hybridized carbons (Fsp3) is 0.556. The van der Waals surface area contributed by atoms with Crippen molar-refractivity contribution in [1.82, 2.24) is 4.90 Å². The normalized spacial score (nSPS) is 18.7. The lowest BCUT2D eigenvalue weighted by Gasteiger charge is -2.32. The molecule has 0 aromatic heterocycles. The van der Waals surface area contributed by atoms with Crippen LogP contribution in [0.4, 0.5) is 4.79 Å². The van der Waals surface area contributed by atoms with Crippen molar-refractivity contribution < 1.29 is 28.9 Å². The van der Waals surface area contributed by atoms with Crippen LogP contribution in [0.15, 0.2) is 18.2 Å². The molecule has 1 aromatic rings. The van der Waals surface area contributed by atoms with Crippen LogP contribution in [0.3, 0.4) is 0 Å². The zero-order valence-corrected chi connectivity index (χ0v) is 15.2. The quantitative estimate of drug-likeness (QED) is 0.875. The highest BCUT2D eigenvalue weighted by molar-refractivity contribution is 5.97. The highest BCUT2D eigenvalue weighted by Gasteiger charge is 2.46. The molecule has 7 nitrogen and oxygen atoms in total. The van der Waals surface area contributed by atoms with Gasteiger partial charge in [0.1, 0.15) is 6.61 Å². The Kier molecular flexibility index (Phi) is 5.57. The van der Waals surface area contributed by atoms with Crippen LogP contribution in [0.2, 0.25) is 0 Å². The Bertz CT molecular complexity index is 651. The molecular weight excluding hydrogens is 326 g/mol. The molecule has 138 valence electrons. The van der Waals surface area contributed by atoms with Gasteiger partial charge in [0.15, 0.2) is 11.5 Å². The third kappa shape index (κ3) is 3.71. The summed E-state index contributed by atoms with van der Waals surface area (Å²) in [5.74, 6) is -0.418. The summed E-state index contributed by atoms with van der Waals surface area (Å²) in [5, 5.41) is 9.80. The standard InChI is InChI=1S/C18H25NO6/c1-18(2,3)15-10-25-17(22)19(15)16(21)12(9-20)11-6-7-13(23-4)14(8-11)24-5/h6-8,12,15,20H,9-10H2,1-5H3/t12-,15+/m0/s1. The number of imide groups is 1. The molecule has 1 fully saturated rings. The second-order valence-corrected chi connectivity index (χ2v) is 7.02. The van der Waals surface area contributed by atoms with Crippen molar-refractivity contribution in [1.29, 1.82) is 0 Å². The van der Waals surface area contributed by atoms with Crippen LogP contribution >= 0.6 is 0 Å². The van der Waals surface area contributed by atoms with Gasteiger partial charge in [-0.3, -0.25) is 4.79 Å². The minimum atomic E-state index is -0.893. The number of methoxy groups -OCH3 is 2. The van der Waals surface area contributed by atoms with Gasteiger partial charge in [-0.15, -0.1) is 0 Å². The second kappa shape index (κ2) is 7.31. The number of amides is 2. The van der Waals surface area contributed by atoms with Crippen molar-refractivity contribution in [3.05, 3.63) is 23.8 Å². The maximum absolute atomic E-state index is 13.0. The van der Waals surface area contributed by atoms with Gasteiger partial charge < -0.3 is 19.3 Å². The maximum atomic E-state index is 13.0. The molecule has 25 heavy (non-hydrogen) atoms. The van der Waals surface area contributed by atoms with Gasteiger partial charge in [-0.25, -0.2) is 9.69 Å². The Morgan fingerprint density at radius 3 is 2.48 bits per heavy atom.